The minimum absolute atomic E-state index is 0.0364. The molecule has 1 rings (SSSR count). The normalized spacial score (nSPS) is 12.4. The Balaban J connectivity index is 2.55. The zero-order chi connectivity index (χ0) is 10.6. The second-order valence-electron chi connectivity index (χ2n) is 3.54. The SMILES string of the molecule is CC(CC(=O)O)Cc1cccc(F)c1. The Kier molecular flexibility index (Phi) is 3.63. The maximum absolute atomic E-state index is 12.8. The minimum Gasteiger partial charge on any atom is -0.481 e. The number of benzene rings is 1. The number of halogens is 1. The van der Waals surface area contributed by atoms with E-state index in [1.807, 2.05) is 6.92 Å². The van der Waals surface area contributed by atoms with Gasteiger partial charge in [0, 0.05) is 6.42 Å². The molecule has 3 heteroatoms. The lowest BCUT2D eigenvalue weighted by Crippen LogP contribution is -2.07. The molecule has 0 aliphatic rings. The summed E-state index contributed by atoms with van der Waals surface area (Å²) in [6.45, 7) is 1.85. The molecule has 1 aromatic carbocycles. The van der Waals surface area contributed by atoms with Crippen molar-refractivity contribution in [2.24, 2.45) is 5.92 Å². The zero-order valence-corrected chi connectivity index (χ0v) is 8.03. The molecule has 1 unspecified atom stereocenters. The highest BCUT2D eigenvalue weighted by atomic mass is 19.1. The van der Waals surface area contributed by atoms with Crippen molar-refractivity contribution < 1.29 is 14.3 Å². The molecule has 0 saturated heterocycles. The van der Waals surface area contributed by atoms with Crippen LogP contribution in [0.5, 0.6) is 0 Å². The molecule has 14 heavy (non-hydrogen) atoms. The second kappa shape index (κ2) is 4.74. The standard InChI is InChI=1S/C11H13FO2/c1-8(6-11(13)14)5-9-3-2-4-10(12)7-9/h2-4,7-8H,5-6H2,1H3,(H,13,14). The van der Waals surface area contributed by atoms with E-state index in [1.54, 1.807) is 12.1 Å². The summed E-state index contributed by atoms with van der Waals surface area (Å²) in [5.41, 5.74) is 0.846. The summed E-state index contributed by atoms with van der Waals surface area (Å²) in [7, 11) is 0. The van der Waals surface area contributed by atoms with E-state index in [4.69, 9.17) is 5.11 Å². The Hall–Kier alpha value is -1.38. The number of aliphatic carboxylic acids is 1. The van der Waals surface area contributed by atoms with Gasteiger partial charge in [0.1, 0.15) is 5.82 Å². The molecule has 2 nitrogen and oxygen atoms in total. The summed E-state index contributed by atoms with van der Waals surface area (Å²) in [4.78, 5) is 10.4. The van der Waals surface area contributed by atoms with Gasteiger partial charge >= 0.3 is 5.97 Å². The van der Waals surface area contributed by atoms with Crippen LogP contribution < -0.4 is 0 Å². The Bertz CT molecular complexity index is 323. The third kappa shape index (κ3) is 3.56. The molecule has 1 N–H and O–H groups in total. The quantitative estimate of drug-likeness (QED) is 0.803. The van der Waals surface area contributed by atoms with Crippen molar-refractivity contribution in [1.29, 1.82) is 0 Å². The van der Waals surface area contributed by atoms with Crippen LogP contribution in [0.3, 0.4) is 0 Å². The third-order valence-electron chi connectivity index (χ3n) is 2.00. The number of carboxylic acid groups (broad SMARTS) is 1. The van der Waals surface area contributed by atoms with Crippen molar-refractivity contribution >= 4 is 5.97 Å². The van der Waals surface area contributed by atoms with Crippen molar-refractivity contribution in [1.82, 2.24) is 0 Å². The highest BCUT2D eigenvalue weighted by Gasteiger charge is 2.08. The fourth-order valence-corrected chi connectivity index (χ4v) is 1.44. The molecule has 0 aliphatic heterocycles. The van der Waals surface area contributed by atoms with Gasteiger partial charge in [-0.15, -0.1) is 0 Å². The molecule has 0 amide bonds. The van der Waals surface area contributed by atoms with Crippen LogP contribution in [0.15, 0.2) is 24.3 Å². The molecular weight excluding hydrogens is 183 g/mol. The van der Waals surface area contributed by atoms with Gasteiger partial charge in [0.15, 0.2) is 0 Å². The molecular formula is C11H13FO2. The predicted octanol–water partition coefficient (Wildman–Crippen LogP) is 2.48. The lowest BCUT2D eigenvalue weighted by Gasteiger charge is -2.08. The van der Waals surface area contributed by atoms with E-state index in [-0.39, 0.29) is 18.2 Å². The van der Waals surface area contributed by atoms with Crippen molar-refractivity contribution in [2.75, 3.05) is 0 Å². The van der Waals surface area contributed by atoms with Crippen LogP contribution in [0, 0.1) is 11.7 Å². The van der Waals surface area contributed by atoms with Crippen molar-refractivity contribution in [2.45, 2.75) is 19.8 Å². The maximum atomic E-state index is 12.8. The lowest BCUT2D eigenvalue weighted by atomic mass is 9.98. The molecule has 0 heterocycles. The Labute approximate surface area is 82.4 Å². The summed E-state index contributed by atoms with van der Waals surface area (Å²) >= 11 is 0. The van der Waals surface area contributed by atoms with Gasteiger partial charge in [-0.2, -0.15) is 0 Å². The van der Waals surface area contributed by atoms with E-state index in [0.717, 1.165) is 5.56 Å². The fourth-order valence-electron chi connectivity index (χ4n) is 1.44. The maximum Gasteiger partial charge on any atom is 0.303 e. The molecule has 76 valence electrons. The first kappa shape index (κ1) is 10.7. The van der Waals surface area contributed by atoms with E-state index in [0.29, 0.717) is 6.42 Å². The van der Waals surface area contributed by atoms with E-state index in [9.17, 15) is 9.18 Å². The number of carboxylic acids is 1. The summed E-state index contributed by atoms with van der Waals surface area (Å²) < 4.78 is 12.8. The Morgan fingerprint density at radius 2 is 2.29 bits per heavy atom. The van der Waals surface area contributed by atoms with Gasteiger partial charge in [-0.25, -0.2) is 4.39 Å². The summed E-state index contributed by atoms with van der Waals surface area (Å²) in [5.74, 6) is -1.05. The third-order valence-corrected chi connectivity index (χ3v) is 2.00. The van der Waals surface area contributed by atoms with Gasteiger partial charge in [0.05, 0.1) is 0 Å². The van der Waals surface area contributed by atoms with Gasteiger partial charge in [-0.05, 0) is 30.0 Å². The van der Waals surface area contributed by atoms with E-state index in [2.05, 4.69) is 0 Å². The van der Waals surface area contributed by atoms with Crippen LogP contribution in [0.25, 0.3) is 0 Å². The van der Waals surface area contributed by atoms with Gasteiger partial charge in [0.2, 0.25) is 0 Å². The fraction of sp³-hybridized carbons (Fsp3) is 0.364. The topological polar surface area (TPSA) is 37.3 Å². The van der Waals surface area contributed by atoms with Crippen molar-refractivity contribution in [3.8, 4) is 0 Å². The number of hydrogen-bond donors (Lipinski definition) is 1. The average Bonchev–Trinajstić information content (AvgIpc) is 2.01. The van der Waals surface area contributed by atoms with Crippen LogP contribution in [0.1, 0.15) is 18.9 Å². The molecule has 0 spiro atoms. The van der Waals surface area contributed by atoms with E-state index >= 15 is 0 Å². The number of hydrogen-bond acceptors (Lipinski definition) is 1. The second-order valence-corrected chi connectivity index (χ2v) is 3.54. The first-order valence-electron chi connectivity index (χ1n) is 4.54. The number of carbonyl (C=O) groups is 1. The minimum atomic E-state index is -0.811. The smallest absolute Gasteiger partial charge is 0.303 e. The molecule has 0 fully saturated rings. The van der Waals surface area contributed by atoms with Gasteiger partial charge in [-0.1, -0.05) is 19.1 Å². The lowest BCUT2D eigenvalue weighted by molar-refractivity contribution is -0.137. The zero-order valence-electron chi connectivity index (χ0n) is 8.03. The van der Waals surface area contributed by atoms with Crippen LogP contribution in [-0.2, 0) is 11.2 Å². The van der Waals surface area contributed by atoms with Crippen LogP contribution in [0.4, 0.5) is 4.39 Å². The Morgan fingerprint density at radius 3 is 2.86 bits per heavy atom. The van der Waals surface area contributed by atoms with Crippen molar-refractivity contribution in [3.05, 3.63) is 35.6 Å². The largest absolute Gasteiger partial charge is 0.481 e. The molecule has 1 aromatic rings. The molecule has 0 bridgehead atoms. The summed E-state index contributed by atoms with van der Waals surface area (Å²) in [6, 6.07) is 6.27. The first-order chi connectivity index (χ1) is 6.58. The summed E-state index contributed by atoms with van der Waals surface area (Å²) in [5, 5.41) is 8.54. The van der Waals surface area contributed by atoms with Gasteiger partial charge < -0.3 is 5.11 Å². The molecule has 0 saturated carbocycles. The molecule has 1 atom stereocenters. The predicted molar refractivity (Wildman–Crippen MR) is 51.5 cm³/mol. The Morgan fingerprint density at radius 1 is 1.57 bits per heavy atom. The van der Waals surface area contributed by atoms with E-state index < -0.39 is 5.97 Å². The van der Waals surface area contributed by atoms with Crippen LogP contribution in [0.2, 0.25) is 0 Å². The number of rotatable bonds is 4. The average molecular weight is 196 g/mol. The molecule has 0 aliphatic carbocycles. The van der Waals surface area contributed by atoms with Crippen molar-refractivity contribution in [3.63, 3.8) is 0 Å². The van der Waals surface area contributed by atoms with Gasteiger partial charge in [0.25, 0.3) is 0 Å². The highest BCUT2D eigenvalue weighted by Crippen LogP contribution is 2.12. The summed E-state index contributed by atoms with van der Waals surface area (Å²) in [6.07, 6.45) is 0.723. The first-order valence-corrected chi connectivity index (χ1v) is 4.54. The van der Waals surface area contributed by atoms with E-state index in [1.165, 1.54) is 12.1 Å². The molecule has 0 radical (unpaired) electrons. The van der Waals surface area contributed by atoms with Crippen LogP contribution in [-0.4, -0.2) is 11.1 Å². The van der Waals surface area contributed by atoms with Crippen LogP contribution >= 0.6 is 0 Å². The molecule has 0 aromatic heterocycles. The monoisotopic (exact) mass is 196 g/mol. The van der Waals surface area contributed by atoms with Gasteiger partial charge in [-0.3, -0.25) is 4.79 Å². The highest BCUT2D eigenvalue weighted by molar-refractivity contribution is 5.67.